The van der Waals surface area contributed by atoms with Gasteiger partial charge < -0.3 is 10.1 Å². The normalized spacial score (nSPS) is 15.0. The smallest absolute Gasteiger partial charge is 0.356 e. The third-order valence-electron chi connectivity index (χ3n) is 3.06. The van der Waals surface area contributed by atoms with E-state index in [-0.39, 0.29) is 30.7 Å². The summed E-state index contributed by atoms with van der Waals surface area (Å²) in [4.78, 5) is 34.4. The molecule has 1 atom stereocenters. The number of ether oxygens (including phenoxy) is 1. The van der Waals surface area contributed by atoms with Gasteiger partial charge in [-0.15, -0.1) is 0 Å². The first-order valence-corrected chi connectivity index (χ1v) is 6.82. The summed E-state index contributed by atoms with van der Waals surface area (Å²) in [6.45, 7) is 1.46. The van der Waals surface area contributed by atoms with Gasteiger partial charge in [0.1, 0.15) is 5.70 Å². The van der Waals surface area contributed by atoms with Crippen LogP contribution in [-0.2, 0) is 19.1 Å². The van der Waals surface area contributed by atoms with E-state index in [1.54, 1.807) is 0 Å². The van der Waals surface area contributed by atoms with E-state index in [0.29, 0.717) is 0 Å². The zero-order chi connectivity index (χ0) is 15.9. The number of carbonyl (C=O) groups excluding carboxylic acids is 3. The Morgan fingerprint density at radius 2 is 2.00 bits per heavy atom. The highest BCUT2D eigenvalue weighted by atomic mass is 16.5. The molecule has 0 radical (unpaired) electrons. The van der Waals surface area contributed by atoms with Crippen LogP contribution in [-0.4, -0.2) is 24.4 Å². The van der Waals surface area contributed by atoms with Crippen LogP contribution in [0.5, 0.6) is 0 Å². The number of esters is 1. The molecule has 1 aromatic rings. The summed E-state index contributed by atoms with van der Waals surface area (Å²) in [6, 6.07) is 9.27. The van der Waals surface area contributed by atoms with E-state index in [1.165, 1.54) is 6.08 Å². The highest BCUT2D eigenvalue weighted by Gasteiger charge is 2.18. The molecular weight excluding hydrogens is 286 g/mol. The van der Waals surface area contributed by atoms with E-state index < -0.39 is 11.9 Å². The van der Waals surface area contributed by atoms with Crippen molar-refractivity contribution >= 4 is 17.8 Å². The lowest BCUT2D eigenvalue weighted by molar-refractivity contribution is -0.145. The molecule has 0 fully saturated rings. The highest BCUT2D eigenvalue weighted by Crippen LogP contribution is 2.10. The largest absolute Gasteiger partial charge is 0.451 e. The molecular formula is C15H17N3O4. The van der Waals surface area contributed by atoms with Gasteiger partial charge >= 0.3 is 5.97 Å². The Morgan fingerprint density at radius 1 is 1.27 bits per heavy atom. The fraction of sp³-hybridized carbons (Fsp3) is 0.267. The Kier molecular flexibility index (Phi) is 5.13. The lowest BCUT2D eigenvalue weighted by atomic mass is 10.1. The summed E-state index contributed by atoms with van der Waals surface area (Å²) in [6.07, 6.45) is 1.50. The number of hydrogen-bond acceptors (Lipinski definition) is 5. The van der Waals surface area contributed by atoms with Crippen molar-refractivity contribution in [2.45, 2.75) is 19.4 Å². The quantitative estimate of drug-likeness (QED) is 0.681. The van der Waals surface area contributed by atoms with Crippen LogP contribution in [0.25, 0.3) is 0 Å². The Bertz CT molecular complexity index is 598. The average Bonchev–Trinajstić information content (AvgIpc) is 2.54. The van der Waals surface area contributed by atoms with Crippen LogP contribution in [0.3, 0.4) is 0 Å². The molecule has 1 aromatic carbocycles. The van der Waals surface area contributed by atoms with Crippen LogP contribution >= 0.6 is 0 Å². The third kappa shape index (κ3) is 4.34. The molecule has 0 aromatic heterocycles. The summed E-state index contributed by atoms with van der Waals surface area (Å²) in [5, 5.41) is 2.74. The van der Waals surface area contributed by atoms with Gasteiger partial charge in [-0.25, -0.2) is 4.79 Å². The summed E-state index contributed by atoms with van der Waals surface area (Å²) in [7, 11) is 0. The lowest BCUT2D eigenvalue weighted by Crippen LogP contribution is -2.43. The van der Waals surface area contributed by atoms with Gasteiger partial charge in [-0.2, -0.15) is 0 Å². The fourth-order valence-electron chi connectivity index (χ4n) is 1.89. The number of carbonyl (C=O) groups is 3. The van der Waals surface area contributed by atoms with E-state index in [0.717, 1.165) is 5.56 Å². The molecule has 7 heteroatoms. The van der Waals surface area contributed by atoms with Crippen molar-refractivity contribution in [2.24, 2.45) is 0 Å². The predicted octanol–water partition coefficient (Wildman–Crippen LogP) is 0.315. The minimum absolute atomic E-state index is 0.0919. The van der Waals surface area contributed by atoms with Gasteiger partial charge in [0.05, 0.1) is 6.04 Å². The van der Waals surface area contributed by atoms with Crippen molar-refractivity contribution in [3.8, 4) is 0 Å². The Balaban J connectivity index is 1.78. The first-order chi connectivity index (χ1) is 10.6. The average molecular weight is 303 g/mol. The van der Waals surface area contributed by atoms with Crippen molar-refractivity contribution < 1.29 is 19.1 Å². The monoisotopic (exact) mass is 303 g/mol. The van der Waals surface area contributed by atoms with Crippen molar-refractivity contribution in [1.82, 2.24) is 16.2 Å². The lowest BCUT2D eigenvalue weighted by Gasteiger charge is -2.16. The Hall–Kier alpha value is -2.83. The summed E-state index contributed by atoms with van der Waals surface area (Å²) in [5.74, 6) is -1.33. The topological polar surface area (TPSA) is 96.5 Å². The maximum absolute atomic E-state index is 11.8. The number of rotatable bonds is 5. The molecule has 1 heterocycles. The van der Waals surface area contributed by atoms with E-state index in [9.17, 15) is 14.4 Å². The van der Waals surface area contributed by atoms with Gasteiger partial charge in [0, 0.05) is 6.42 Å². The van der Waals surface area contributed by atoms with E-state index in [1.807, 2.05) is 37.3 Å². The van der Waals surface area contributed by atoms with Gasteiger partial charge in [-0.1, -0.05) is 30.3 Å². The van der Waals surface area contributed by atoms with Gasteiger partial charge in [-0.3, -0.25) is 20.4 Å². The minimum Gasteiger partial charge on any atom is -0.451 e. The standard InChI is InChI=1S/C15H17N3O4/c1-10(11-5-3-2-4-6-11)16-14(20)9-22-15(21)12-7-8-13(19)18-17-12/h2-7,10,17H,8-9H2,1H3,(H,16,20)(H,18,19)/t10-/m0/s1. The van der Waals surface area contributed by atoms with Crippen LogP contribution < -0.4 is 16.2 Å². The van der Waals surface area contributed by atoms with Crippen LogP contribution in [0.4, 0.5) is 0 Å². The van der Waals surface area contributed by atoms with Crippen molar-refractivity contribution in [3.05, 3.63) is 47.7 Å². The van der Waals surface area contributed by atoms with Crippen LogP contribution in [0, 0.1) is 0 Å². The van der Waals surface area contributed by atoms with Gasteiger partial charge in [0.25, 0.3) is 5.91 Å². The molecule has 0 saturated carbocycles. The molecule has 7 nitrogen and oxygen atoms in total. The SMILES string of the molecule is C[C@H](NC(=O)COC(=O)C1=CCC(=O)NN1)c1ccccc1. The van der Waals surface area contributed by atoms with Crippen LogP contribution in [0.2, 0.25) is 0 Å². The molecule has 0 aliphatic carbocycles. The molecule has 3 N–H and O–H groups in total. The van der Waals surface area contributed by atoms with E-state index in [4.69, 9.17) is 4.74 Å². The molecule has 1 aliphatic rings. The highest BCUT2D eigenvalue weighted by molar-refractivity contribution is 5.92. The number of nitrogens with one attached hydrogen (secondary N) is 3. The number of amides is 2. The zero-order valence-electron chi connectivity index (χ0n) is 12.1. The maximum Gasteiger partial charge on any atom is 0.356 e. The van der Waals surface area contributed by atoms with E-state index in [2.05, 4.69) is 16.2 Å². The third-order valence-corrected chi connectivity index (χ3v) is 3.06. The Morgan fingerprint density at radius 3 is 2.64 bits per heavy atom. The fourth-order valence-corrected chi connectivity index (χ4v) is 1.89. The van der Waals surface area contributed by atoms with Gasteiger partial charge in [0.2, 0.25) is 5.91 Å². The molecule has 0 saturated heterocycles. The molecule has 2 amide bonds. The maximum atomic E-state index is 11.8. The number of hydrogen-bond donors (Lipinski definition) is 3. The molecule has 116 valence electrons. The Labute approximate surface area is 127 Å². The first-order valence-electron chi connectivity index (χ1n) is 6.82. The summed E-state index contributed by atoms with van der Waals surface area (Å²) < 4.78 is 4.88. The van der Waals surface area contributed by atoms with Crippen molar-refractivity contribution in [3.63, 3.8) is 0 Å². The van der Waals surface area contributed by atoms with Crippen molar-refractivity contribution in [2.75, 3.05) is 6.61 Å². The number of hydrazine groups is 1. The second kappa shape index (κ2) is 7.26. The molecule has 22 heavy (non-hydrogen) atoms. The van der Waals surface area contributed by atoms with Crippen LogP contribution in [0.15, 0.2) is 42.1 Å². The second-order valence-corrected chi connectivity index (χ2v) is 4.77. The summed E-state index contributed by atoms with van der Waals surface area (Å²) in [5.41, 5.74) is 5.78. The number of benzene rings is 1. The minimum atomic E-state index is -0.692. The molecule has 0 bridgehead atoms. The van der Waals surface area contributed by atoms with Gasteiger partial charge in [-0.05, 0) is 18.6 Å². The second-order valence-electron chi connectivity index (χ2n) is 4.77. The molecule has 0 spiro atoms. The van der Waals surface area contributed by atoms with Crippen LogP contribution in [0.1, 0.15) is 24.9 Å². The predicted molar refractivity (Wildman–Crippen MR) is 77.9 cm³/mol. The van der Waals surface area contributed by atoms with Gasteiger partial charge in [0.15, 0.2) is 6.61 Å². The molecule has 2 rings (SSSR count). The zero-order valence-corrected chi connectivity index (χ0v) is 12.1. The van der Waals surface area contributed by atoms with Crippen molar-refractivity contribution in [1.29, 1.82) is 0 Å². The van der Waals surface area contributed by atoms with E-state index >= 15 is 0 Å². The summed E-state index contributed by atoms with van der Waals surface area (Å²) >= 11 is 0. The molecule has 0 unspecified atom stereocenters. The first kappa shape index (κ1) is 15.6. The molecule has 1 aliphatic heterocycles.